The maximum absolute atomic E-state index is 5.83. The van der Waals surface area contributed by atoms with E-state index in [4.69, 9.17) is 11.5 Å². The van der Waals surface area contributed by atoms with Crippen LogP contribution in [0.25, 0.3) is 10.8 Å². The maximum Gasteiger partial charge on any atom is 0.0627 e. The van der Waals surface area contributed by atoms with E-state index < -0.39 is 0 Å². The molecule has 0 aliphatic carbocycles. The first-order valence-corrected chi connectivity index (χ1v) is 4.71. The van der Waals surface area contributed by atoms with Gasteiger partial charge >= 0.3 is 0 Å². The van der Waals surface area contributed by atoms with Crippen LogP contribution in [0.15, 0.2) is 34.8 Å². The number of halogens is 3. The molecule has 2 nitrogen and oxygen atoms in total. The van der Waals surface area contributed by atoms with Crippen molar-refractivity contribution in [1.29, 1.82) is 0 Å². The van der Waals surface area contributed by atoms with Gasteiger partial charge in [-0.05, 0) is 23.6 Å². The number of anilines is 2. The van der Waals surface area contributed by atoms with Crippen molar-refractivity contribution in [1.82, 2.24) is 0 Å². The van der Waals surface area contributed by atoms with Gasteiger partial charge in [0.25, 0.3) is 0 Å². The molecule has 0 spiro atoms. The molecule has 0 heterocycles. The number of hydrogen-bond donors (Lipinski definition) is 2. The predicted octanol–water partition coefficient (Wildman–Crippen LogP) is 3.61. The van der Waals surface area contributed by atoms with Gasteiger partial charge in [0.15, 0.2) is 0 Å². The second-order valence-electron chi connectivity index (χ2n) is 2.93. The summed E-state index contributed by atoms with van der Waals surface area (Å²) in [6, 6.07) is 9.73. The van der Waals surface area contributed by atoms with Gasteiger partial charge in [-0.15, -0.1) is 24.8 Å². The van der Waals surface area contributed by atoms with Crippen LogP contribution in [0.1, 0.15) is 0 Å². The highest BCUT2D eigenvalue weighted by Crippen LogP contribution is 2.28. The number of rotatable bonds is 0. The minimum absolute atomic E-state index is 0. The molecule has 0 amide bonds. The quantitative estimate of drug-likeness (QED) is 0.730. The molecule has 82 valence electrons. The Kier molecular flexibility index (Phi) is 5.21. The molecule has 5 heteroatoms. The summed E-state index contributed by atoms with van der Waals surface area (Å²) in [5, 5.41) is 2.10. The van der Waals surface area contributed by atoms with Crippen molar-refractivity contribution in [3.63, 3.8) is 0 Å². The van der Waals surface area contributed by atoms with Gasteiger partial charge in [-0.1, -0.05) is 28.1 Å². The topological polar surface area (TPSA) is 52.0 Å². The lowest BCUT2D eigenvalue weighted by Gasteiger charge is -2.05. The maximum atomic E-state index is 5.83. The second-order valence-corrected chi connectivity index (χ2v) is 3.85. The monoisotopic (exact) mass is 308 g/mol. The predicted molar refractivity (Wildman–Crippen MR) is 75.0 cm³/mol. The number of benzene rings is 2. The van der Waals surface area contributed by atoms with Crippen LogP contribution in [0, 0.1) is 0 Å². The Morgan fingerprint density at radius 2 is 1.60 bits per heavy atom. The van der Waals surface area contributed by atoms with Crippen LogP contribution in [0.5, 0.6) is 0 Å². The van der Waals surface area contributed by atoms with Crippen molar-refractivity contribution >= 4 is 62.9 Å². The van der Waals surface area contributed by atoms with Crippen LogP contribution in [0.4, 0.5) is 11.4 Å². The lowest BCUT2D eigenvalue weighted by atomic mass is 10.1. The fraction of sp³-hybridized carbons (Fsp3) is 0. The van der Waals surface area contributed by atoms with Crippen LogP contribution in [0.2, 0.25) is 0 Å². The Bertz CT molecular complexity index is 474. The van der Waals surface area contributed by atoms with E-state index in [0.29, 0.717) is 11.4 Å². The third kappa shape index (κ3) is 2.68. The largest absolute Gasteiger partial charge is 0.397 e. The summed E-state index contributed by atoms with van der Waals surface area (Å²) in [5.41, 5.74) is 12.8. The Morgan fingerprint density at radius 3 is 2.27 bits per heavy atom. The third-order valence-corrected chi connectivity index (χ3v) is 2.55. The van der Waals surface area contributed by atoms with E-state index >= 15 is 0 Å². The first-order valence-electron chi connectivity index (χ1n) is 3.92. The van der Waals surface area contributed by atoms with Gasteiger partial charge in [0.1, 0.15) is 0 Å². The summed E-state index contributed by atoms with van der Waals surface area (Å²) in [6.45, 7) is 0. The van der Waals surface area contributed by atoms with E-state index in [9.17, 15) is 0 Å². The fourth-order valence-corrected chi connectivity index (χ4v) is 1.72. The molecule has 2 rings (SSSR count). The standard InChI is InChI=1S/C10H9BrN2.2ClH/c11-7-2-3-8-6(5-7)1-4-9(12)10(8)13;;/h1-5H,12-13H2;2*1H. The molecular weight excluding hydrogens is 299 g/mol. The van der Waals surface area contributed by atoms with Crippen LogP contribution in [0.3, 0.4) is 0 Å². The van der Waals surface area contributed by atoms with Crippen molar-refractivity contribution in [2.45, 2.75) is 0 Å². The highest BCUT2D eigenvalue weighted by Gasteiger charge is 2.01. The lowest BCUT2D eigenvalue weighted by molar-refractivity contribution is 1.68. The summed E-state index contributed by atoms with van der Waals surface area (Å²) >= 11 is 3.40. The number of hydrogen-bond acceptors (Lipinski definition) is 2. The molecule has 0 radical (unpaired) electrons. The van der Waals surface area contributed by atoms with Crippen molar-refractivity contribution in [3.8, 4) is 0 Å². The fourth-order valence-electron chi connectivity index (χ4n) is 1.34. The average molecular weight is 310 g/mol. The number of nitrogens with two attached hydrogens (primary N) is 2. The minimum Gasteiger partial charge on any atom is -0.397 e. The van der Waals surface area contributed by atoms with Crippen molar-refractivity contribution in [3.05, 3.63) is 34.8 Å². The first-order chi connectivity index (χ1) is 6.18. The molecule has 2 aromatic carbocycles. The SMILES string of the molecule is Cl.Cl.Nc1ccc2cc(Br)ccc2c1N. The normalized spacial score (nSPS) is 9.13. The van der Waals surface area contributed by atoms with Crippen LogP contribution in [-0.4, -0.2) is 0 Å². The number of fused-ring (bicyclic) bond motifs is 1. The molecule has 0 fully saturated rings. The highest BCUT2D eigenvalue weighted by molar-refractivity contribution is 9.10. The highest BCUT2D eigenvalue weighted by atomic mass is 79.9. The van der Waals surface area contributed by atoms with Crippen LogP contribution >= 0.6 is 40.7 Å². The van der Waals surface area contributed by atoms with Gasteiger partial charge in [-0.25, -0.2) is 0 Å². The number of nitrogen functional groups attached to an aromatic ring is 2. The van der Waals surface area contributed by atoms with E-state index in [2.05, 4.69) is 15.9 Å². The molecular formula is C10H11BrCl2N2. The molecule has 0 aliphatic heterocycles. The minimum atomic E-state index is 0. The summed E-state index contributed by atoms with van der Waals surface area (Å²) in [5.74, 6) is 0. The zero-order chi connectivity index (χ0) is 9.42. The smallest absolute Gasteiger partial charge is 0.0627 e. The van der Waals surface area contributed by atoms with E-state index in [-0.39, 0.29) is 24.8 Å². The molecule has 0 saturated carbocycles. The van der Waals surface area contributed by atoms with Crippen molar-refractivity contribution < 1.29 is 0 Å². The van der Waals surface area contributed by atoms with Gasteiger partial charge in [-0.2, -0.15) is 0 Å². The van der Waals surface area contributed by atoms with Gasteiger partial charge in [-0.3, -0.25) is 0 Å². The second kappa shape index (κ2) is 5.45. The van der Waals surface area contributed by atoms with Gasteiger partial charge in [0, 0.05) is 9.86 Å². The van der Waals surface area contributed by atoms with Gasteiger partial charge in [0.2, 0.25) is 0 Å². The van der Waals surface area contributed by atoms with E-state index in [1.54, 1.807) is 0 Å². The molecule has 0 aliphatic rings. The lowest BCUT2D eigenvalue weighted by Crippen LogP contribution is -1.94. The summed E-state index contributed by atoms with van der Waals surface area (Å²) < 4.78 is 1.05. The van der Waals surface area contributed by atoms with E-state index in [1.807, 2.05) is 30.3 Å². The summed E-state index contributed by atoms with van der Waals surface area (Å²) in [7, 11) is 0. The molecule has 15 heavy (non-hydrogen) atoms. The van der Waals surface area contributed by atoms with Gasteiger partial charge < -0.3 is 11.5 Å². The Labute approximate surface area is 109 Å². The zero-order valence-corrected chi connectivity index (χ0v) is 11.0. The van der Waals surface area contributed by atoms with Crippen molar-refractivity contribution in [2.75, 3.05) is 11.5 Å². The molecule has 0 aromatic heterocycles. The van der Waals surface area contributed by atoms with E-state index in [0.717, 1.165) is 15.2 Å². The third-order valence-electron chi connectivity index (χ3n) is 2.06. The first kappa shape index (κ1) is 14.4. The van der Waals surface area contributed by atoms with Crippen LogP contribution < -0.4 is 11.5 Å². The summed E-state index contributed by atoms with van der Waals surface area (Å²) in [6.07, 6.45) is 0. The zero-order valence-electron chi connectivity index (χ0n) is 7.74. The Hall–Kier alpha value is -0.640. The van der Waals surface area contributed by atoms with Gasteiger partial charge in [0.05, 0.1) is 11.4 Å². The molecule has 0 unspecified atom stereocenters. The Balaban J connectivity index is 0.000000980. The molecule has 2 aromatic rings. The summed E-state index contributed by atoms with van der Waals surface area (Å²) in [4.78, 5) is 0. The molecule has 4 N–H and O–H groups in total. The van der Waals surface area contributed by atoms with E-state index in [1.165, 1.54) is 0 Å². The Morgan fingerprint density at radius 1 is 0.933 bits per heavy atom. The molecule has 0 atom stereocenters. The van der Waals surface area contributed by atoms with Crippen molar-refractivity contribution in [2.24, 2.45) is 0 Å². The molecule has 0 bridgehead atoms. The van der Waals surface area contributed by atoms with Crippen LogP contribution in [-0.2, 0) is 0 Å². The average Bonchev–Trinajstić information content (AvgIpc) is 2.12. The molecule has 0 saturated heterocycles.